The second kappa shape index (κ2) is 7.98. The standard InChI is InChI=1S/C20H27N5O/c26-18(13-15-5-2-1-3-6-15)25-12-4-7-17(14-25)20-22-19(23-24-20)16-8-10-21-11-9-16/h8-11,15,17H,1-7,12-14H2,(H,22,23,24)/t17-/m1/s1. The summed E-state index contributed by atoms with van der Waals surface area (Å²) >= 11 is 0. The van der Waals surface area contributed by atoms with Crippen molar-refractivity contribution in [3.63, 3.8) is 0 Å². The van der Waals surface area contributed by atoms with E-state index in [2.05, 4.69) is 25.1 Å². The third kappa shape index (κ3) is 3.94. The quantitative estimate of drug-likeness (QED) is 0.912. The maximum Gasteiger partial charge on any atom is 0.222 e. The molecule has 0 spiro atoms. The minimum absolute atomic E-state index is 0.252. The highest BCUT2D eigenvalue weighted by atomic mass is 16.2. The first-order valence-electron chi connectivity index (χ1n) is 9.90. The summed E-state index contributed by atoms with van der Waals surface area (Å²) < 4.78 is 0. The summed E-state index contributed by atoms with van der Waals surface area (Å²) in [5.41, 5.74) is 0.962. The summed E-state index contributed by atoms with van der Waals surface area (Å²) in [6.45, 7) is 1.64. The Balaban J connectivity index is 1.39. The maximum absolute atomic E-state index is 12.7. The zero-order valence-electron chi connectivity index (χ0n) is 15.2. The lowest BCUT2D eigenvalue weighted by Gasteiger charge is -2.33. The van der Waals surface area contributed by atoms with Crippen LogP contribution in [0.2, 0.25) is 0 Å². The Morgan fingerprint density at radius 3 is 2.73 bits per heavy atom. The monoisotopic (exact) mass is 353 g/mol. The molecule has 2 aromatic rings. The van der Waals surface area contributed by atoms with Crippen LogP contribution in [0.5, 0.6) is 0 Å². The smallest absolute Gasteiger partial charge is 0.222 e. The zero-order valence-corrected chi connectivity index (χ0v) is 15.2. The van der Waals surface area contributed by atoms with Gasteiger partial charge in [-0.2, -0.15) is 5.10 Å². The Bertz CT molecular complexity index is 723. The van der Waals surface area contributed by atoms with Crippen molar-refractivity contribution in [2.45, 2.75) is 57.3 Å². The number of aromatic nitrogens is 4. The fourth-order valence-electron chi connectivity index (χ4n) is 4.28. The van der Waals surface area contributed by atoms with E-state index < -0.39 is 0 Å². The molecule has 6 heteroatoms. The van der Waals surface area contributed by atoms with Crippen LogP contribution in [0.15, 0.2) is 24.5 Å². The minimum Gasteiger partial charge on any atom is -0.342 e. The minimum atomic E-state index is 0.252. The van der Waals surface area contributed by atoms with Crippen molar-refractivity contribution >= 4 is 5.91 Å². The number of hydrogen-bond acceptors (Lipinski definition) is 4. The molecule has 2 aliphatic rings. The van der Waals surface area contributed by atoms with Crippen LogP contribution in [-0.4, -0.2) is 44.1 Å². The molecule has 1 amide bonds. The van der Waals surface area contributed by atoms with E-state index in [1.165, 1.54) is 32.1 Å². The number of nitrogens with one attached hydrogen (secondary N) is 1. The van der Waals surface area contributed by atoms with Gasteiger partial charge in [0.05, 0.1) is 0 Å². The van der Waals surface area contributed by atoms with E-state index in [0.717, 1.165) is 43.7 Å². The number of piperidine rings is 1. The molecule has 0 radical (unpaired) electrons. The predicted molar refractivity (Wildman–Crippen MR) is 99.4 cm³/mol. The van der Waals surface area contributed by atoms with Gasteiger partial charge in [-0.15, -0.1) is 0 Å². The lowest BCUT2D eigenvalue weighted by molar-refractivity contribution is -0.133. The molecule has 138 valence electrons. The van der Waals surface area contributed by atoms with Gasteiger partial charge < -0.3 is 4.90 Å². The van der Waals surface area contributed by atoms with Gasteiger partial charge in [0.2, 0.25) is 5.91 Å². The number of carbonyl (C=O) groups excluding carboxylic acids is 1. The molecular formula is C20H27N5O. The summed E-state index contributed by atoms with van der Waals surface area (Å²) in [7, 11) is 0. The Morgan fingerprint density at radius 2 is 1.92 bits per heavy atom. The summed E-state index contributed by atoms with van der Waals surface area (Å²) in [4.78, 5) is 23.5. The first-order valence-corrected chi connectivity index (χ1v) is 9.90. The van der Waals surface area contributed by atoms with Crippen LogP contribution in [0.3, 0.4) is 0 Å². The topological polar surface area (TPSA) is 74.8 Å². The number of amides is 1. The molecule has 3 heterocycles. The van der Waals surface area contributed by atoms with E-state index in [1.807, 2.05) is 12.1 Å². The summed E-state index contributed by atoms with van der Waals surface area (Å²) in [5, 5.41) is 7.45. The van der Waals surface area contributed by atoms with Crippen LogP contribution in [0.4, 0.5) is 0 Å². The van der Waals surface area contributed by atoms with Gasteiger partial charge in [-0.1, -0.05) is 19.3 Å². The van der Waals surface area contributed by atoms with Crippen molar-refractivity contribution in [2.75, 3.05) is 13.1 Å². The second-order valence-electron chi connectivity index (χ2n) is 7.67. The van der Waals surface area contributed by atoms with Crippen LogP contribution in [0.1, 0.15) is 63.1 Å². The average Bonchev–Trinajstić information content (AvgIpc) is 3.20. The SMILES string of the molecule is O=C(CC1CCCCC1)N1CCC[C@@H](c2nc(-c3ccncc3)n[nH]2)C1. The molecule has 4 rings (SSSR count). The average molecular weight is 353 g/mol. The van der Waals surface area contributed by atoms with Crippen LogP contribution < -0.4 is 0 Å². The number of likely N-dealkylation sites (tertiary alicyclic amines) is 1. The fraction of sp³-hybridized carbons (Fsp3) is 0.600. The highest BCUT2D eigenvalue weighted by Gasteiger charge is 2.28. The van der Waals surface area contributed by atoms with Gasteiger partial charge in [0.1, 0.15) is 5.82 Å². The molecule has 0 aromatic carbocycles. The third-order valence-electron chi connectivity index (χ3n) is 5.79. The molecule has 2 fully saturated rings. The Morgan fingerprint density at radius 1 is 1.12 bits per heavy atom. The molecule has 2 aromatic heterocycles. The van der Waals surface area contributed by atoms with E-state index in [4.69, 9.17) is 0 Å². The molecular weight excluding hydrogens is 326 g/mol. The molecule has 0 bridgehead atoms. The number of hydrogen-bond donors (Lipinski definition) is 1. The van der Waals surface area contributed by atoms with Crippen molar-refractivity contribution in [3.8, 4) is 11.4 Å². The van der Waals surface area contributed by atoms with Crippen molar-refractivity contribution in [2.24, 2.45) is 5.92 Å². The maximum atomic E-state index is 12.7. The summed E-state index contributed by atoms with van der Waals surface area (Å²) in [5.74, 6) is 2.78. The first-order chi connectivity index (χ1) is 12.8. The van der Waals surface area contributed by atoms with Gasteiger partial charge in [-0.25, -0.2) is 4.98 Å². The number of pyridine rings is 1. The molecule has 1 atom stereocenters. The van der Waals surface area contributed by atoms with Gasteiger partial charge in [0.25, 0.3) is 0 Å². The van der Waals surface area contributed by atoms with E-state index in [1.54, 1.807) is 12.4 Å². The number of nitrogens with zero attached hydrogens (tertiary/aromatic N) is 4. The number of aromatic amines is 1. The molecule has 6 nitrogen and oxygen atoms in total. The number of H-pyrrole nitrogens is 1. The predicted octanol–water partition coefficient (Wildman–Crippen LogP) is 3.54. The van der Waals surface area contributed by atoms with Crippen molar-refractivity contribution < 1.29 is 4.79 Å². The van der Waals surface area contributed by atoms with Gasteiger partial charge >= 0.3 is 0 Å². The van der Waals surface area contributed by atoms with Crippen LogP contribution >= 0.6 is 0 Å². The second-order valence-corrected chi connectivity index (χ2v) is 7.67. The Kier molecular flexibility index (Phi) is 5.27. The summed E-state index contributed by atoms with van der Waals surface area (Å²) in [6, 6.07) is 3.82. The van der Waals surface area contributed by atoms with Crippen LogP contribution in [-0.2, 0) is 4.79 Å². The lowest BCUT2D eigenvalue weighted by atomic mass is 9.86. The third-order valence-corrected chi connectivity index (χ3v) is 5.79. The lowest BCUT2D eigenvalue weighted by Crippen LogP contribution is -2.40. The van der Waals surface area contributed by atoms with Crippen molar-refractivity contribution in [1.29, 1.82) is 0 Å². The van der Waals surface area contributed by atoms with Gasteiger partial charge in [0.15, 0.2) is 5.82 Å². The molecule has 1 aliphatic heterocycles. The van der Waals surface area contributed by atoms with Crippen molar-refractivity contribution in [1.82, 2.24) is 25.1 Å². The highest BCUT2D eigenvalue weighted by molar-refractivity contribution is 5.76. The Labute approximate surface area is 154 Å². The normalized spacial score (nSPS) is 21.7. The largest absolute Gasteiger partial charge is 0.342 e. The summed E-state index contributed by atoms with van der Waals surface area (Å²) in [6.07, 6.45) is 12.7. The molecule has 1 saturated carbocycles. The molecule has 1 saturated heterocycles. The fourth-order valence-corrected chi connectivity index (χ4v) is 4.28. The van der Waals surface area contributed by atoms with Crippen LogP contribution in [0, 0.1) is 5.92 Å². The van der Waals surface area contributed by atoms with E-state index >= 15 is 0 Å². The molecule has 1 aliphatic carbocycles. The number of rotatable bonds is 4. The van der Waals surface area contributed by atoms with Gasteiger partial charge in [-0.05, 0) is 43.7 Å². The Hall–Kier alpha value is -2.24. The van der Waals surface area contributed by atoms with Gasteiger partial charge in [-0.3, -0.25) is 14.9 Å². The van der Waals surface area contributed by atoms with Gasteiger partial charge in [0, 0.05) is 43.4 Å². The van der Waals surface area contributed by atoms with Crippen molar-refractivity contribution in [3.05, 3.63) is 30.4 Å². The van der Waals surface area contributed by atoms with Crippen LogP contribution in [0.25, 0.3) is 11.4 Å². The molecule has 0 unspecified atom stereocenters. The first kappa shape index (κ1) is 17.2. The number of carbonyl (C=O) groups is 1. The molecule has 26 heavy (non-hydrogen) atoms. The highest BCUT2D eigenvalue weighted by Crippen LogP contribution is 2.30. The van der Waals surface area contributed by atoms with E-state index in [0.29, 0.717) is 17.6 Å². The zero-order chi connectivity index (χ0) is 17.8. The van der Waals surface area contributed by atoms with E-state index in [-0.39, 0.29) is 5.92 Å². The van der Waals surface area contributed by atoms with E-state index in [9.17, 15) is 4.79 Å². The molecule has 1 N–H and O–H groups in total.